The van der Waals surface area contributed by atoms with E-state index in [-0.39, 0.29) is 18.9 Å². The molecular formula is C28H27N7O4S. The van der Waals surface area contributed by atoms with E-state index in [0.29, 0.717) is 29.0 Å². The normalized spacial score (nSPS) is 11.4. The summed E-state index contributed by atoms with van der Waals surface area (Å²) in [7, 11) is -3.43. The van der Waals surface area contributed by atoms with Crippen LogP contribution in [0.4, 0.5) is 17.2 Å². The fourth-order valence-corrected chi connectivity index (χ4v) is 4.82. The molecule has 11 nitrogen and oxygen atoms in total. The van der Waals surface area contributed by atoms with E-state index in [0.717, 1.165) is 22.8 Å². The van der Waals surface area contributed by atoms with Crippen LogP contribution in [0.25, 0.3) is 21.8 Å². The Morgan fingerprint density at radius 1 is 0.925 bits per heavy atom. The summed E-state index contributed by atoms with van der Waals surface area (Å²) in [6.45, 7) is 0.698. The molecule has 5 rings (SSSR count). The topological polar surface area (TPSA) is 148 Å². The fourth-order valence-electron chi connectivity index (χ4n) is 4.25. The van der Waals surface area contributed by atoms with Crippen molar-refractivity contribution in [2.75, 3.05) is 29.2 Å². The number of nitrogens with zero attached hydrogens (tertiary/aromatic N) is 4. The van der Waals surface area contributed by atoms with E-state index < -0.39 is 21.5 Å². The van der Waals surface area contributed by atoms with Crippen LogP contribution in [0, 0.1) is 0 Å². The molecule has 0 aliphatic heterocycles. The van der Waals surface area contributed by atoms with Gasteiger partial charge in [0.2, 0.25) is 11.8 Å². The van der Waals surface area contributed by atoms with Gasteiger partial charge in [0, 0.05) is 41.4 Å². The number of nitrogens with one attached hydrogen (secondary N) is 3. The highest BCUT2D eigenvalue weighted by Gasteiger charge is 2.12. The minimum Gasteiger partial charge on any atom is -0.355 e. The molecule has 0 spiro atoms. The maximum atomic E-state index is 12.4. The number of sulfone groups is 1. The van der Waals surface area contributed by atoms with Gasteiger partial charge in [0.05, 0.1) is 23.8 Å². The van der Waals surface area contributed by atoms with E-state index in [9.17, 15) is 18.0 Å². The summed E-state index contributed by atoms with van der Waals surface area (Å²) in [5.41, 5.74) is 4.24. The second kappa shape index (κ2) is 11.5. The van der Waals surface area contributed by atoms with Crippen LogP contribution in [0.1, 0.15) is 12.0 Å². The highest BCUT2D eigenvalue weighted by atomic mass is 32.2. The molecule has 0 unspecified atom stereocenters. The zero-order valence-electron chi connectivity index (χ0n) is 21.7. The fraction of sp³-hybridized carbons (Fsp3) is 0.179. The van der Waals surface area contributed by atoms with Crippen molar-refractivity contribution < 1.29 is 18.0 Å². The van der Waals surface area contributed by atoms with E-state index >= 15 is 0 Å². The third-order valence-corrected chi connectivity index (χ3v) is 6.85. The first-order valence-electron chi connectivity index (χ1n) is 12.5. The molecule has 12 heteroatoms. The van der Waals surface area contributed by atoms with Crippen LogP contribution in [0.15, 0.2) is 79.3 Å². The van der Waals surface area contributed by atoms with Gasteiger partial charge < -0.3 is 16.0 Å². The Morgan fingerprint density at radius 3 is 2.52 bits per heavy atom. The lowest BCUT2D eigenvalue weighted by Gasteiger charge is -2.11. The van der Waals surface area contributed by atoms with Crippen LogP contribution in [0.2, 0.25) is 0 Å². The Balaban J connectivity index is 1.27. The van der Waals surface area contributed by atoms with Crippen molar-refractivity contribution in [3.63, 3.8) is 0 Å². The monoisotopic (exact) mass is 557 g/mol. The summed E-state index contributed by atoms with van der Waals surface area (Å²) in [5.74, 6) is -1.01. The smallest absolute Gasteiger partial charge is 0.235 e. The van der Waals surface area contributed by atoms with E-state index in [4.69, 9.17) is 0 Å². The zero-order valence-corrected chi connectivity index (χ0v) is 22.5. The highest BCUT2D eigenvalue weighted by molar-refractivity contribution is 7.91. The molecule has 0 radical (unpaired) electrons. The summed E-state index contributed by atoms with van der Waals surface area (Å²) < 4.78 is 24.3. The lowest BCUT2D eigenvalue weighted by atomic mass is 10.2. The quantitative estimate of drug-likeness (QED) is 0.237. The van der Waals surface area contributed by atoms with Gasteiger partial charge in [-0.3, -0.25) is 14.3 Å². The number of fused-ring (bicyclic) bond motifs is 2. The minimum absolute atomic E-state index is 0.0120. The summed E-state index contributed by atoms with van der Waals surface area (Å²) >= 11 is 0. The van der Waals surface area contributed by atoms with Gasteiger partial charge in [-0.15, -0.1) is 0 Å². The Morgan fingerprint density at radius 2 is 1.73 bits per heavy atom. The molecule has 5 aromatic rings. The standard InChI is InChI=1S/C28H27N7O4S/c1-40(38,39)17-27(37)29-12-11-26(36)33-22-7-9-24-23(14-22)28(31-18-30-24)34-21-8-10-25-20(13-21)15-32-35(25)16-19-5-3-2-4-6-19/h2-10,13-15,18H,11-12,16-17H2,1H3,(H,29,37)(H,33,36)(H,30,31,34). The first-order valence-corrected chi connectivity index (χ1v) is 14.6. The van der Waals surface area contributed by atoms with Crippen LogP contribution in [0.3, 0.4) is 0 Å². The van der Waals surface area contributed by atoms with Gasteiger partial charge >= 0.3 is 0 Å². The molecule has 3 N–H and O–H groups in total. The van der Waals surface area contributed by atoms with Gasteiger partial charge in [-0.05, 0) is 42.0 Å². The first kappa shape index (κ1) is 26.8. The Labute approximate surface area is 230 Å². The summed E-state index contributed by atoms with van der Waals surface area (Å²) in [5, 5.41) is 14.8. The third-order valence-electron chi connectivity index (χ3n) is 6.07. The number of benzene rings is 3. The predicted octanol–water partition coefficient (Wildman–Crippen LogP) is 3.26. The molecule has 0 saturated carbocycles. The van der Waals surface area contributed by atoms with Gasteiger partial charge in [-0.2, -0.15) is 5.10 Å². The molecule has 0 aliphatic carbocycles. The lowest BCUT2D eigenvalue weighted by Crippen LogP contribution is -2.32. The van der Waals surface area contributed by atoms with Crippen molar-refractivity contribution in [1.82, 2.24) is 25.1 Å². The summed E-state index contributed by atoms with van der Waals surface area (Å²) in [4.78, 5) is 32.8. The first-order chi connectivity index (χ1) is 19.2. The Kier molecular flexibility index (Phi) is 7.69. The predicted molar refractivity (Wildman–Crippen MR) is 154 cm³/mol. The molecule has 0 aliphatic rings. The van der Waals surface area contributed by atoms with E-state index in [1.807, 2.05) is 47.3 Å². The Hall–Kier alpha value is -4.84. The van der Waals surface area contributed by atoms with Crippen molar-refractivity contribution in [3.05, 3.63) is 84.8 Å². The van der Waals surface area contributed by atoms with Crippen molar-refractivity contribution in [1.29, 1.82) is 0 Å². The molecule has 3 aromatic carbocycles. The molecule has 204 valence electrons. The van der Waals surface area contributed by atoms with Crippen LogP contribution in [0.5, 0.6) is 0 Å². The van der Waals surface area contributed by atoms with Gasteiger partial charge in [0.25, 0.3) is 0 Å². The maximum Gasteiger partial charge on any atom is 0.235 e. The summed E-state index contributed by atoms with van der Waals surface area (Å²) in [6, 6.07) is 21.4. The molecule has 0 saturated heterocycles. The highest BCUT2D eigenvalue weighted by Crippen LogP contribution is 2.28. The van der Waals surface area contributed by atoms with Crippen LogP contribution < -0.4 is 16.0 Å². The van der Waals surface area contributed by atoms with Crippen molar-refractivity contribution >= 4 is 60.7 Å². The zero-order chi connectivity index (χ0) is 28.1. The Bertz CT molecular complexity index is 1800. The average Bonchev–Trinajstić information content (AvgIpc) is 3.30. The molecule has 40 heavy (non-hydrogen) atoms. The second-order valence-electron chi connectivity index (χ2n) is 9.36. The van der Waals surface area contributed by atoms with E-state index in [1.54, 1.807) is 18.2 Å². The molecular weight excluding hydrogens is 530 g/mol. The van der Waals surface area contributed by atoms with Gasteiger partial charge in [0.15, 0.2) is 9.84 Å². The number of aromatic nitrogens is 4. The van der Waals surface area contributed by atoms with Crippen molar-refractivity contribution in [2.24, 2.45) is 0 Å². The molecule has 2 aromatic heterocycles. The molecule has 2 heterocycles. The van der Waals surface area contributed by atoms with E-state index in [1.165, 1.54) is 11.9 Å². The third kappa shape index (κ3) is 6.77. The summed E-state index contributed by atoms with van der Waals surface area (Å²) in [6.07, 6.45) is 4.27. The number of rotatable bonds is 10. The number of hydrogen-bond donors (Lipinski definition) is 3. The number of anilines is 3. The number of amides is 2. The number of hydrogen-bond acceptors (Lipinski definition) is 8. The molecule has 0 bridgehead atoms. The second-order valence-corrected chi connectivity index (χ2v) is 11.5. The van der Waals surface area contributed by atoms with E-state index in [2.05, 4.69) is 43.1 Å². The maximum absolute atomic E-state index is 12.4. The number of carbonyl (C=O) groups excluding carboxylic acids is 2. The average molecular weight is 558 g/mol. The van der Waals surface area contributed by atoms with Gasteiger partial charge in [0.1, 0.15) is 17.9 Å². The van der Waals surface area contributed by atoms with Crippen LogP contribution in [-0.4, -0.2) is 58.5 Å². The van der Waals surface area contributed by atoms with Crippen molar-refractivity contribution in [3.8, 4) is 0 Å². The van der Waals surface area contributed by atoms with Crippen LogP contribution >= 0.6 is 0 Å². The van der Waals surface area contributed by atoms with Gasteiger partial charge in [-0.1, -0.05) is 30.3 Å². The molecule has 2 amide bonds. The lowest BCUT2D eigenvalue weighted by molar-refractivity contribution is -0.119. The SMILES string of the molecule is CS(=O)(=O)CC(=O)NCCC(=O)Nc1ccc2ncnc(Nc3ccc4c(cnn4Cc4ccccc4)c3)c2c1. The van der Waals surface area contributed by atoms with Crippen molar-refractivity contribution in [2.45, 2.75) is 13.0 Å². The minimum atomic E-state index is -3.43. The molecule has 0 fully saturated rings. The van der Waals surface area contributed by atoms with Gasteiger partial charge in [-0.25, -0.2) is 18.4 Å². The largest absolute Gasteiger partial charge is 0.355 e. The molecule has 0 atom stereocenters. The van der Waals surface area contributed by atoms with Crippen LogP contribution in [-0.2, 0) is 26.0 Å². The number of carbonyl (C=O) groups is 2.